The number of benzene rings is 2. The van der Waals surface area contributed by atoms with Crippen LogP contribution in [0.4, 0.5) is 0 Å². The third kappa shape index (κ3) is 5.32. The molecule has 1 N–H and O–H groups in total. The summed E-state index contributed by atoms with van der Waals surface area (Å²) in [5.41, 5.74) is 2.32. The lowest BCUT2D eigenvalue weighted by molar-refractivity contribution is 0.0888. The number of nitrogens with one attached hydrogen (secondary N) is 1. The quantitative estimate of drug-likeness (QED) is 0.327. The van der Waals surface area contributed by atoms with E-state index >= 15 is 0 Å². The molecule has 0 amide bonds. The van der Waals surface area contributed by atoms with E-state index in [4.69, 9.17) is 18.9 Å². The smallest absolute Gasteiger partial charge is 0.252 e. The van der Waals surface area contributed by atoms with Gasteiger partial charge in [-0.1, -0.05) is 13.0 Å². The molecule has 204 valence electrons. The van der Waals surface area contributed by atoms with E-state index in [0.717, 1.165) is 65.4 Å². The standard InChI is InChI=1S/C28H32N6O5/c1-3-24(27-30-31-32-34(27)16-22-5-4-10-37-22)33(14-18-6-9-25-26(11-18)39-17-38-25)15-20-12-19-13-21(36-2)7-8-23(19)29-28(20)35/h6-9,11-13,22,24H,3-5,10,14-17H2,1-2H3,(H,29,35)/t22-,24-/m1/s1. The first-order valence-electron chi connectivity index (χ1n) is 13.3. The summed E-state index contributed by atoms with van der Waals surface area (Å²) in [7, 11) is 1.63. The lowest BCUT2D eigenvalue weighted by atomic mass is 10.1. The number of methoxy groups -OCH3 is 1. The molecule has 0 radical (unpaired) electrons. The fourth-order valence-electron chi connectivity index (χ4n) is 5.41. The highest BCUT2D eigenvalue weighted by atomic mass is 16.7. The van der Waals surface area contributed by atoms with Gasteiger partial charge in [0, 0.05) is 36.2 Å². The van der Waals surface area contributed by atoms with Crippen molar-refractivity contribution in [2.24, 2.45) is 0 Å². The summed E-state index contributed by atoms with van der Waals surface area (Å²) in [6.07, 6.45) is 2.89. The van der Waals surface area contributed by atoms with Crippen molar-refractivity contribution in [3.63, 3.8) is 0 Å². The topological polar surface area (TPSA) is 117 Å². The fraction of sp³-hybridized carbons (Fsp3) is 0.429. The molecule has 2 aliphatic rings. The van der Waals surface area contributed by atoms with Crippen molar-refractivity contribution in [3.05, 3.63) is 69.8 Å². The molecule has 2 aromatic carbocycles. The minimum atomic E-state index is -0.146. The first-order valence-corrected chi connectivity index (χ1v) is 13.3. The van der Waals surface area contributed by atoms with Crippen molar-refractivity contribution in [2.45, 2.75) is 58.0 Å². The third-order valence-electron chi connectivity index (χ3n) is 7.41. The zero-order valence-corrected chi connectivity index (χ0v) is 22.1. The van der Waals surface area contributed by atoms with Crippen LogP contribution in [0.25, 0.3) is 10.9 Å². The van der Waals surface area contributed by atoms with Crippen LogP contribution in [0.1, 0.15) is 49.2 Å². The van der Waals surface area contributed by atoms with Crippen molar-refractivity contribution >= 4 is 10.9 Å². The van der Waals surface area contributed by atoms with Crippen LogP contribution in [0.5, 0.6) is 17.2 Å². The molecule has 1 fully saturated rings. The summed E-state index contributed by atoms with van der Waals surface area (Å²) < 4.78 is 24.2. The van der Waals surface area contributed by atoms with E-state index in [0.29, 0.717) is 25.2 Å². The monoisotopic (exact) mass is 532 g/mol. The molecule has 0 aliphatic carbocycles. The van der Waals surface area contributed by atoms with E-state index in [1.165, 1.54) is 0 Å². The Balaban J connectivity index is 1.36. The molecular weight excluding hydrogens is 500 g/mol. The third-order valence-corrected chi connectivity index (χ3v) is 7.41. The Morgan fingerprint density at radius 3 is 2.87 bits per heavy atom. The number of hydrogen-bond acceptors (Lipinski definition) is 9. The van der Waals surface area contributed by atoms with E-state index in [1.807, 2.05) is 47.1 Å². The van der Waals surface area contributed by atoms with Crippen molar-refractivity contribution < 1.29 is 18.9 Å². The van der Waals surface area contributed by atoms with E-state index in [2.05, 4.69) is 32.3 Å². The minimum absolute atomic E-state index is 0.102. The summed E-state index contributed by atoms with van der Waals surface area (Å²) >= 11 is 0. The van der Waals surface area contributed by atoms with Crippen LogP contribution in [-0.2, 0) is 24.4 Å². The molecule has 0 bridgehead atoms. The van der Waals surface area contributed by atoms with Gasteiger partial charge in [-0.15, -0.1) is 5.10 Å². The molecule has 1 saturated heterocycles. The van der Waals surface area contributed by atoms with Crippen molar-refractivity contribution in [1.29, 1.82) is 0 Å². The van der Waals surface area contributed by atoms with Crippen molar-refractivity contribution in [3.8, 4) is 17.2 Å². The van der Waals surface area contributed by atoms with Crippen LogP contribution in [-0.4, -0.2) is 56.7 Å². The molecule has 2 aromatic heterocycles. The van der Waals surface area contributed by atoms with Crippen molar-refractivity contribution in [2.75, 3.05) is 20.5 Å². The van der Waals surface area contributed by atoms with Crippen LogP contribution in [0, 0.1) is 0 Å². The summed E-state index contributed by atoms with van der Waals surface area (Å²) in [6, 6.07) is 13.4. The number of nitrogens with zero attached hydrogens (tertiary/aromatic N) is 5. The van der Waals surface area contributed by atoms with E-state index in [9.17, 15) is 4.79 Å². The number of ether oxygens (including phenoxy) is 4. The zero-order valence-electron chi connectivity index (χ0n) is 22.1. The number of pyridine rings is 1. The van der Waals surface area contributed by atoms with Gasteiger partial charge >= 0.3 is 0 Å². The summed E-state index contributed by atoms with van der Waals surface area (Å²) in [6.45, 7) is 4.64. The Bertz CT molecular complexity index is 1510. The predicted octanol–water partition coefficient (Wildman–Crippen LogP) is 3.58. The second-order valence-corrected chi connectivity index (χ2v) is 9.95. The average molecular weight is 533 g/mol. The second-order valence-electron chi connectivity index (χ2n) is 9.95. The fourth-order valence-corrected chi connectivity index (χ4v) is 5.41. The maximum atomic E-state index is 13.2. The number of hydrogen-bond donors (Lipinski definition) is 1. The SMILES string of the molecule is CC[C@H](c1nnnn1C[C@H]1CCCO1)N(Cc1ccc2c(c1)OCO2)Cc1cc2cc(OC)ccc2[nH]c1=O. The van der Waals surface area contributed by atoms with E-state index < -0.39 is 0 Å². The molecule has 4 aromatic rings. The van der Waals surface area contributed by atoms with Gasteiger partial charge in [-0.25, -0.2) is 4.68 Å². The Hall–Kier alpha value is -3.96. The average Bonchev–Trinajstić information content (AvgIpc) is 3.72. The number of fused-ring (bicyclic) bond motifs is 2. The summed E-state index contributed by atoms with van der Waals surface area (Å²) in [5, 5.41) is 13.7. The highest BCUT2D eigenvalue weighted by Crippen LogP contribution is 2.34. The maximum Gasteiger partial charge on any atom is 0.252 e. The molecule has 2 atom stereocenters. The molecular formula is C28H32N6O5. The number of aromatic amines is 1. The Morgan fingerprint density at radius 1 is 1.15 bits per heavy atom. The molecule has 6 rings (SSSR count). The lowest BCUT2D eigenvalue weighted by Crippen LogP contribution is -2.33. The number of aromatic nitrogens is 5. The van der Waals surface area contributed by atoms with Gasteiger partial charge in [0.05, 0.1) is 25.8 Å². The highest BCUT2D eigenvalue weighted by molar-refractivity contribution is 5.80. The Morgan fingerprint density at radius 2 is 2.05 bits per heavy atom. The molecule has 0 spiro atoms. The van der Waals surface area contributed by atoms with E-state index in [-0.39, 0.29) is 24.5 Å². The number of rotatable bonds is 10. The first kappa shape index (κ1) is 25.3. The van der Waals surface area contributed by atoms with Gasteiger partial charge in [0.15, 0.2) is 17.3 Å². The second kappa shape index (κ2) is 11.0. The first-order chi connectivity index (χ1) is 19.1. The zero-order chi connectivity index (χ0) is 26.8. The summed E-state index contributed by atoms with van der Waals surface area (Å²) in [4.78, 5) is 18.5. The van der Waals surface area contributed by atoms with Gasteiger partial charge in [-0.3, -0.25) is 9.69 Å². The number of tetrazole rings is 1. The summed E-state index contributed by atoms with van der Waals surface area (Å²) in [5.74, 6) is 2.95. The van der Waals surface area contributed by atoms with Gasteiger partial charge in [0.2, 0.25) is 6.79 Å². The minimum Gasteiger partial charge on any atom is -0.497 e. The van der Waals surface area contributed by atoms with E-state index in [1.54, 1.807) is 7.11 Å². The lowest BCUT2D eigenvalue weighted by Gasteiger charge is -2.30. The largest absolute Gasteiger partial charge is 0.497 e. The Labute approximate surface area is 225 Å². The van der Waals surface area contributed by atoms with Crippen LogP contribution in [0.2, 0.25) is 0 Å². The molecule has 2 aliphatic heterocycles. The highest BCUT2D eigenvalue weighted by Gasteiger charge is 2.28. The van der Waals surface area contributed by atoms with Crippen LogP contribution in [0.15, 0.2) is 47.3 Å². The van der Waals surface area contributed by atoms with Gasteiger partial charge in [0.25, 0.3) is 5.56 Å². The molecule has 4 heterocycles. The van der Waals surface area contributed by atoms with Crippen LogP contribution >= 0.6 is 0 Å². The van der Waals surface area contributed by atoms with Crippen LogP contribution < -0.4 is 19.8 Å². The van der Waals surface area contributed by atoms with Gasteiger partial charge in [0.1, 0.15) is 5.75 Å². The van der Waals surface area contributed by atoms with Crippen molar-refractivity contribution in [1.82, 2.24) is 30.1 Å². The van der Waals surface area contributed by atoms with Crippen LogP contribution in [0.3, 0.4) is 0 Å². The Kier molecular flexibility index (Phi) is 7.16. The predicted molar refractivity (Wildman–Crippen MR) is 143 cm³/mol. The molecule has 0 unspecified atom stereocenters. The molecule has 11 heteroatoms. The van der Waals surface area contributed by atoms with Gasteiger partial charge in [-0.05, 0) is 71.7 Å². The normalized spacial score (nSPS) is 17.3. The number of H-pyrrole nitrogens is 1. The molecule has 0 saturated carbocycles. The maximum absolute atomic E-state index is 13.2. The van der Waals surface area contributed by atoms with Gasteiger partial charge in [-0.2, -0.15) is 0 Å². The van der Waals surface area contributed by atoms with Gasteiger partial charge < -0.3 is 23.9 Å². The molecule has 11 nitrogen and oxygen atoms in total. The molecule has 39 heavy (non-hydrogen) atoms.